The highest BCUT2D eigenvalue weighted by Gasteiger charge is 2.24. The number of halogens is 2. The summed E-state index contributed by atoms with van der Waals surface area (Å²) in [5, 5.41) is 9.78. The van der Waals surface area contributed by atoms with E-state index in [0.29, 0.717) is 0 Å². The van der Waals surface area contributed by atoms with Crippen LogP contribution in [-0.4, -0.2) is 9.37 Å². The molecule has 0 aromatic heterocycles. The predicted molar refractivity (Wildman–Crippen MR) is 40.3 cm³/mol. The lowest BCUT2D eigenvalue weighted by Gasteiger charge is -2.03. The van der Waals surface area contributed by atoms with E-state index in [9.17, 15) is 10.1 Å². The van der Waals surface area contributed by atoms with Crippen molar-refractivity contribution in [3.63, 3.8) is 0 Å². The van der Waals surface area contributed by atoms with Gasteiger partial charge in [0, 0.05) is 18.8 Å². The summed E-state index contributed by atoms with van der Waals surface area (Å²) >= 11 is 2.84. The average Bonchev–Trinajstić information content (AvgIpc) is 1.31. The van der Waals surface area contributed by atoms with Crippen LogP contribution in [0.4, 0.5) is 0 Å². The molecule has 0 aliphatic carbocycles. The van der Waals surface area contributed by atoms with Gasteiger partial charge in [-0.25, -0.2) is 0 Å². The highest BCUT2D eigenvalue weighted by atomic mass is 79.9. The highest BCUT2D eigenvalue weighted by Crippen LogP contribution is 2.14. The Balaban J connectivity index is 0. The molecule has 0 spiro atoms. The van der Waals surface area contributed by atoms with Gasteiger partial charge < -0.3 is 0 Å². The topological polar surface area (TPSA) is 43.1 Å². The van der Waals surface area contributed by atoms with Crippen LogP contribution in [0, 0.1) is 10.1 Å². The van der Waals surface area contributed by atoms with E-state index in [0.717, 1.165) is 0 Å². The van der Waals surface area contributed by atoms with Crippen molar-refractivity contribution in [2.75, 3.05) is 0 Å². The number of nitro groups is 1. The number of rotatable bonds is 1. The van der Waals surface area contributed by atoms with Gasteiger partial charge in [-0.3, -0.25) is 10.1 Å². The monoisotopic (exact) mass is 247 g/mol. The Morgan fingerprint density at radius 1 is 1.62 bits per heavy atom. The molecule has 0 fully saturated rings. The largest absolute Gasteiger partial charge is 0.269 e. The lowest BCUT2D eigenvalue weighted by atomic mass is 10.4. The first-order valence-electron chi connectivity index (χ1n) is 1.78. The highest BCUT2D eigenvalue weighted by molar-refractivity contribution is 9.10. The van der Waals surface area contributed by atoms with E-state index in [-0.39, 0.29) is 17.0 Å². The van der Waals surface area contributed by atoms with Gasteiger partial charge in [0.1, 0.15) is 0 Å². The molecule has 3 nitrogen and oxygen atoms in total. The van der Waals surface area contributed by atoms with E-state index < -0.39 is 9.37 Å². The van der Waals surface area contributed by atoms with Crippen LogP contribution in [0.2, 0.25) is 0 Å². The molecule has 0 unspecified atom stereocenters. The third-order valence-corrected chi connectivity index (χ3v) is 0.724. The molecule has 50 valence electrons. The standard InChI is InChI=1S/C3H6BrNO2.BrH/c1-3(2,4)5(6)7;/h1-2H3;1H. The molecule has 0 aromatic carbocycles. The molecule has 0 amide bonds. The maximum Gasteiger partial charge on any atom is 0.269 e. The van der Waals surface area contributed by atoms with Gasteiger partial charge in [0.25, 0.3) is 4.45 Å². The fourth-order valence-corrected chi connectivity index (χ4v) is 0. The van der Waals surface area contributed by atoms with E-state index in [1.165, 1.54) is 13.8 Å². The fourth-order valence-electron chi connectivity index (χ4n) is 0. The summed E-state index contributed by atoms with van der Waals surface area (Å²) in [6.45, 7) is 2.96. The Morgan fingerprint density at radius 3 is 1.75 bits per heavy atom. The molecule has 0 atom stereocenters. The minimum atomic E-state index is -0.965. The molecule has 0 N–H and O–H groups in total. The first-order valence-corrected chi connectivity index (χ1v) is 2.57. The molecule has 8 heavy (non-hydrogen) atoms. The van der Waals surface area contributed by atoms with Crippen molar-refractivity contribution in [1.82, 2.24) is 0 Å². The Bertz CT molecular complexity index is 87.8. The quantitative estimate of drug-likeness (QED) is 0.308. The van der Waals surface area contributed by atoms with E-state index in [1.54, 1.807) is 0 Å². The molecule has 0 aliphatic heterocycles. The molecule has 5 heteroatoms. The summed E-state index contributed by atoms with van der Waals surface area (Å²) in [5.74, 6) is 0. The summed E-state index contributed by atoms with van der Waals surface area (Å²) in [6, 6.07) is 0. The van der Waals surface area contributed by atoms with E-state index >= 15 is 0 Å². The van der Waals surface area contributed by atoms with Gasteiger partial charge in [0.15, 0.2) is 0 Å². The SMILES string of the molecule is Br.CC(C)(Br)[N+](=O)[O-]. The number of nitrogens with zero attached hydrogens (tertiary/aromatic N) is 1. The van der Waals surface area contributed by atoms with Gasteiger partial charge in [-0.15, -0.1) is 17.0 Å². The van der Waals surface area contributed by atoms with Gasteiger partial charge >= 0.3 is 0 Å². The number of hydrogen-bond acceptors (Lipinski definition) is 2. The zero-order valence-corrected chi connectivity index (χ0v) is 7.85. The van der Waals surface area contributed by atoms with Crippen molar-refractivity contribution < 1.29 is 4.92 Å². The van der Waals surface area contributed by atoms with Gasteiger partial charge in [-0.2, -0.15) is 0 Å². The van der Waals surface area contributed by atoms with Crippen LogP contribution >= 0.6 is 32.9 Å². The van der Waals surface area contributed by atoms with Crippen molar-refractivity contribution in [1.29, 1.82) is 0 Å². The summed E-state index contributed by atoms with van der Waals surface area (Å²) in [4.78, 5) is 9.38. The minimum absolute atomic E-state index is 0. The molecule has 0 saturated heterocycles. The van der Waals surface area contributed by atoms with Crippen molar-refractivity contribution in [2.45, 2.75) is 18.3 Å². The summed E-state index contributed by atoms with van der Waals surface area (Å²) in [5.41, 5.74) is 0. The Morgan fingerprint density at radius 2 is 1.75 bits per heavy atom. The average molecular weight is 249 g/mol. The van der Waals surface area contributed by atoms with Gasteiger partial charge in [0.05, 0.1) is 0 Å². The maximum absolute atomic E-state index is 9.78. The molecule has 0 rings (SSSR count). The zero-order valence-electron chi connectivity index (χ0n) is 4.55. The van der Waals surface area contributed by atoms with Crippen LogP contribution in [0.1, 0.15) is 13.8 Å². The van der Waals surface area contributed by atoms with Crippen LogP contribution in [0.5, 0.6) is 0 Å². The van der Waals surface area contributed by atoms with E-state index in [2.05, 4.69) is 15.9 Å². The summed E-state index contributed by atoms with van der Waals surface area (Å²) in [6.07, 6.45) is 0. The number of hydrogen-bond donors (Lipinski definition) is 0. The lowest BCUT2D eigenvalue weighted by Crippen LogP contribution is -2.21. The Labute approximate surface area is 66.5 Å². The zero-order chi connectivity index (χ0) is 6.08. The van der Waals surface area contributed by atoms with Gasteiger partial charge in [0.2, 0.25) is 0 Å². The smallest absolute Gasteiger partial charge is 0.263 e. The van der Waals surface area contributed by atoms with Crippen LogP contribution in [0.3, 0.4) is 0 Å². The normalized spacial score (nSPS) is 9.88. The van der Waals surface area contributed by atoms with Crippen molar-refractivity contribution in [3.05, 3.63) is 10.1 Å². The first kappa shape index (κ1) is 11.2. The van der Waals surface area contributed by atoms with Gasteiger partial charge in [-0.05, 0) is 15.9 Å². The van der Waals surface area contributed by atoms with Crippen LogP contribution < -0.4 is 0 Å². The second kappa shape index (κ2) is 3.40. The molecule has 0 heterocycles. The van der Waals surface area contributed by atoms with E-state index in [1.807, 2.05) is 0 Å². The van der Waals surface area contributed by atoms with Crippen molar-refractivity contribution in [3.8, 4) is 0 Å². The Hall–Kier alpha value is 0.360. The van der Waals surface area contributed by atoms with Crippen LogP contribution in [0.25, 0.3) is 0 Å². The second-order valence-corrected chi connectivity index (χ2v) is 3.61. The third-order valence-electron chi connectivity index (χ3n) is 0.434. The minimum Gasteiger partial charge on any atom is -0.263 e. The molecule has 0 aliphatic rings. The molecular formula is C3H7Br2NO2. The third kappa shape index (κ3) is 4.52. The van der Waals surface area contributed by atoms with E-state index in [4.69, 9.17) is 0 Å². The van der Waals surface area contributed by atoms with Gasteiger partial charge in [-0.1, -0.05) is 0 Å². The predicted octanol–water partition coefficient (Wildman–Crippen LogP) is 1.97. The second-order valence-electron chi connectivity index (χ2n) is 1.67. The van der Waals surface area contributed by atoms with Crippen molar-refractivity contribution >= 4 is 32.9 Å². The molecule has 0 saturated carbocycles. The fraction of sp³-hybridized carbons (Fsp3) is 1.00. The lowest BCUT2D eigenvalue weighted by molar-refractivity contribution is -0.526. The summed E-state index contributed by atoms with van der Waals surface area (Å²) in [7, 11) is 0. The maximum atomic E-state index is 9.78. The molecule has 0 aromatic rings. The molecule has 0 bridgehead atoms. The number of alkyl halides is 1. The van der Waals surface area contributed by atoms with Crippen molar-refractivity contribution in [2.24, 2.45) is 0 Å². The summed E-state index contributed by atoms with van der Waals surface area (Å²) < 4.78 is -0.965. The Kier molecular flexibility index (Phi) is 4.76. The molecule has 0 radical (unpaired) electrons. The van der Waals surface area contributed by atoms with Crippen LogP contribution in [0.15, 0.2) is 0 Å². The molecular weight excluding hydrogens is 242 g/mol. The first-order chi connectivity index (χ1) is 2.94. The van der Waals surface area contributed by atoms with Crippen LogP contribution in [-0.2, 0) is 0 Å².